The van der Waals surface area contributed by atoms with Gasteiger partial charge in [-0.2, -0.15) is 4.39 Å². The van der Waals surface area contributed by atoms with E-state index in [0.29, 0.717) is 10.5 Å². The van der Waals surface area contributed by atoms with Crippen molar-refractivity contribution >= 4 is 29.0 Å². The number of benzene rings is 1. The number of carbonyl (C=O) groups is 2. The monoisotopic (exact) mass is 329 g/mol. The van der Waals surface area contributed by atoms with Crippen LogP contribution in [0.2, 0.25) is 0 Å². The molecule has 0 aromatic heterocycles. The van der Waals surface area contributed by atoms with Gasteiger partial charge >= 0.3 is 11.2 Å². The van der Waals surface area contributed by atoms with E-state index in [1.807, 2.05) is 0 Å². The van der Waals surface area contributed by atoms with Crippen LogP contribution in [-0.2, 0) is 19.2 Å². The average Bonchev–Trinajstić information content (AvgIpc) is 2.50. The van der Waals surface area contributed by atoms with Gasteiger partial charge in [-0.05, 0) is 42.5 Å². The Labute approximate surface area is 131 Å². The van der Waals surface area contributed by atoms with Crippen LogP contribution in [0.3, 0.4) is 0 Å². The molecule has 22 heavy (non-hydrogen) atoms. The molecular weight excluding hydrogens is 313 g/mol. The molecule has 0 spiro atoms. The van der Waals surface area contributed by atoms with E-state index in [2.05, 4.69) is 14.4 Å². The summed E-state index contributed by atoms with van der Waals surface area (Å²) in [6, 6.07) is 6.35. The largest absolute Gasteiger partial charge is 0.461 e. The van der Waals surface area contributed by atoms with Crippen molar-refractivity contribution in [3.8, 4) is 0 Å². The van der Waals surface area contributed by atoms with Crippen molar-refractivity contribution in [2.45, 2.75) is 11.8 Å². The van der Waals surface area contributed by atoms with Crippen LogP contribution < -0.4 is 0 Å². The number of esters is 1. The minimum atomic E-state index is -1.01. The fraction of sp³-hybridized carbons (Fsp3) is 0.286. The Kier molecular flexibility index (Phi) is 7.58. The zero-order valence-corrected chi connectivity index (χ0v) is 13.2. The Morgan fingerprint density at radius 2 is 1.82 bits per heavy atom. The first kappa shape index (κ1) is 18.1. The molecule has 0 saturated carbocycles. The summed E-state index contributed by atoms with van der Waals surface area (Å²) in [5.41, 5.74) is 0.470. The molecule has 120 valence electrons. The highest BCUT2D eigenvalue weighted by Crippen LogP contribution is 2.23. The van der Waals surface area contributed by atoms with Crippen molar-refractivity contribution in [2.75, 3.05) is 20.8 Å². The summed E-state index contributed by atoms with van der Waals surface area (Å²) >= 11 is 0.874. The van der Waals surface area contributed by atoms with Gasteiger partial charge in [0.05, 0.1) is 20.8 Å². The highest BCUT2D eigenvalue weighted by atomic mass is 32.2. The molecule has 1 aromatic carbocycles. The second kappa shape index (κ2) is 9.19. The number of amides is 1. The van der Waals surface area contributed by atoms with Crippen LogP contribution in [-0.4, -0.2) is 37.3 Å². The number of nitrogens with zero attached hydrogens (tertiary/aromatic N) is 1. The van der Waals surface area contributed by atoms with Crippen LogP contribution in [0.5, 0.6) is 0 Å². The van der Waals surface area contributed by atoms with Crippen molar-refractivity contribution in [3.63, 3.8) is 0 Å². The molecule has 8 heteroatoms. The van der Waals surface area contributed by atoms with Crippen molar-refractivity contribution in [1.29, 1.82) is 0 Å². The van der Waals surface area contributed by atoms with E-state index in [9.17, 15) is 14.0 Å². The van der Waals surface area contributed by atoms with Crippen LogP contribution in [0, 0.1) is 0 Å². The fourth-order valence-corrected chi connectivity index (χ4v) is 2.10. The fourth-order valence-electron chi connectivity index (χ4n) is 1.40. The summed E-state index contributed by atoms with van der Waals surface area (Å²) < 4.78 is 18.0. The summed E-state index contributed by atoms with van der Waals surface area (Å²) in [5, 5.41) is 0.254. The van der Waals surface area contributed by atoms with Crippen molar-refractivity contribution in [2.24, 2.45) is 0 Å². The van der Waals surface area contributed by atoms with Crippen LogP contribution in [0.4, 0.5) is 9.18 Å². The van der Waals surface area contributed by atoms with Crippen molar-refractivity contribution in [3.05, 3.63) is 35.7 Å². The van der Waals surface area contributed by atoms with Gasteiger partial charge in [0.1, 0.15) is 0 Å². The van der Waals surface area contributed by atoms with Crippen LogP contribution in [0.1, 0.15) is 12.5 Å². The minimum Gasteiger partial charge on any atom is -0.461 e. The maximum atomic E-state index is 13.5. The highest BCUT2D eigenvalue weighted by molar-refractivity contribution is 8.13. The van der Waals surface area contributed by atoms with Crippen molar-refractivity contribution in [1.82, 2.24) is 5.23 Å². The molecule has 0 fully saturated rings. The smallest absolute Gasteiger partial charge is 0.367 e. The van der Waals surface area contributed by atoms with Crippen LogP contribution in [0.25, 0.3) is 6.08 Å². The molecule has 0 radical (unpaired) electrons. The van der Waals surface area contributed by atoms with E-state index in [-0.39, 0.29) is 6.61 Å². The molecule has 0 saturated heterocycles. The predicted octanol–water partition coefficient (Wildman–Crippen LogP) is 3.20. The van der Waals surface area contributed by atoms with E-state index in [0.717, 1.165) is 23.1 Å². The molecule has 0 aliphatic rings. The van der Waals surface area contributed by atoms with Gasteiger partial charge in [-0.1, -0.05) is 17.4 Å². The Balaban J connectivity index is 2.73. The number of halogens is 1. The van der Waals surface area contributed by atoms with Gasteiger partial charge in [-0.3, -0.25) is 4.79 Å². The van der Waals surface area contributed by atoms with Crippen LogP contribution in [0.15, 0.2) is 35.0 Å². The van der Waals surface area contributed by atoms with Gasteiger partial charge in [0.2, 0.25) is 5.83 Å². The first-order chi connectivity index (χ1) is 10.5. The Bertz CT molecular complexity index is 543. The molecule has 1 rings (SSSR count). The topological polar surface area (TPSA) is 65.1 Å². The highest BCUT2D eigenvalue weighted by Gasteiger charge is 2.14. The summed E-state index contributed by atoms with van der Waals surface area (Å²) in [6.45, 7) is 1.70. The molecule has 0 heterocycles. The number of ether oxygens (including phenoxy) is 1. The lowest BCUT2D eigenvalue weighted by Crippen LogP contribution is -2.24. The zero-order valence-electron chi connectivity index (χ0n) is 12.4. The van der Waals surface area contributed by atoms with Gasteiger partial charge < -0.3 is 4.74 Å². The van der Waals surface area contributed by atoms with Gasteiger partial charge in [0.25, 0.3) is 0 Å². The lowest BCUT2D eigenvalue weighted by Gasteiger charge is -2.14. The Morgan fingerprint density at radius 3 is 2.32 bits per heavy atom. The maximum Gasteiger partial charge on any atom is 0.367 e. The average molecular weight is 329 g/mol. The number of hydrogen-bond acceptors (Lipinski definition) is 6. The summed E-state index contributed by atoms with van der Waals surface area (Å²) in [5.74, 6) is -1.99. The lowest BCUT2D eigenvalue weighted by atomic mass is 10.2. The van der Waals surface area contributed by atoms with Gasteiger partial charge in [0.15, 0.2) is 0 Å². The SMILES string of the molecule is CCOC(=O)/C(F)=C\c1ccc(SC(=O)N(OC)OC)cc1. The second-order valence-corrected chi connectivity index (χ2v) is 4.80. The first-order valence-corrected chi connectivity index (χ1v) is 7.08. The predicted molar refractivity (Wildman–Crippen MR) is 79.3 cm³/mol. The molecule has 0 atom stereocenters. The number of hydrogen-bond donors (Lipinski definition) is 0. The number of hydroxylamine groups is 2. The van der Waals surface area contributed by atoms with Crippen LogP contribution >= 0.6 is 11.8 Å². The Morgan fingerprint density at radius 1 is 1.23 bits per heavy atom. The number of rotatable bonds is 6. The van der Waals surface area contributed by atoms with E-state index in [4.69, 9.17) is 0 Å². The molecule has 0 unspecified atom stereocenters. The first-order valence-electron chi connectivity index (χ1n) is 6.26. The zero-order chi connectivity index (χ0) is 16.5. The molecule has 6 nitrogen and oxygen atoms in total. The third kappa shape index (κ3) is 5.47. The second-order valence-electron chi connectivity index (χ2n) is 3.77. The van der Waals surface area contributed by atoms with E-state index in [1.54, 1.807) is 31.2 Å². The summed E-state index contributed by atoms with van der Waals surface area (Å²) in [6.07, 6.45) is 1.06. The van der Waals surface area contributed by atoms with Gasteiger partial charge in [-0.15, -0.1) is 0 Å². The molecular formula is C14H16FNO5S. The maximum absolute atomic E-state index is 13.5. The molecule has 0 aliphatic heterocycles. The van der Waals surface area contributed by atoms with E-state index in [1.165, 1.54) is 14.2 Å². The van der Waals surface area contributed by atoms with Gasteiger partial charge in [0, 0.05) is 4.90 Å². The molecule has 0 N–H and O–H groups in total. The molecule has 0 aliphatic carbocycles. The standard InChI is InChI=1S/C14H16FNO5S/c1-4-21-13(17)12(15)9-10-5-7-11(8-6-10)22-14(18)16(19-2)20-3/h5-9H,4H2,1-3H3/b12-9+. The summed E-state index contributed by atoms with van der Waals surface area (Å²) in [7, 11) is 2.60. The molecule has 1 amide bonds. The third-order valence-electron chi connectivity index (χ3n) is 2.33. The molecule has 1 aromatic rings. The lowest BCUT2D eigenvalue weighted by molar-refractivity contribution is -0.292. The normalized spacial score (nSPS) is 11.2. The number of carbonyl (C=O) groups excluding carboxylic acids is 2. The third-order valence-corrected chi connectivity index (χ3v) is 3.16. The summed E-state index contributed by atoms with van der Waals surface area (Å²) in [4.78, 5) is 32.8. The van der Waals surface area contributed by atoms with E-state index >= 15 is 0 Å². The van der Waals surface area contributed by atoms with Gasteiger partial charge in [-0.25, -0.2) is 14.5 Å². The van der Waals surface area contributed by atoms with Crippen molar-refractivity contribution < 1.29 is 28.4 Å². The Hall–Kier alpha value is -1.90. The minimum absolute atomic E-state index is 0.104. The molecule has 0 bridgehead atoms. The number of thioether (sulfide) groups is 1. The quantitative estimate of drug-likeness (QED) is 0.346. The van der Waals surface area contributed by atoms with E-state index < -0.39 is 17.0 Å².